The van der Waals surface area contributed by atoms with Gasteiger partial charge in [0, 0.05) is 5.92 Å². The van der Waals surface area contributed by atoms with Gasteiger partial charge in [-0.15, -0.1) is 0 Å². The maximum Gasteiger partial charge on any atom is 0.000827 e. The molecule has 5 atom stereocenters. The van der Waals surface area contributed by atoms with Crippen LogP contribution in [0.1, 0.15) is 52.9 Å². The number of rotatable bonds is 0. The molecule has 0 heterocycles. The van der Waals surface area contributed by atoms with Gasteiger partial charge in [0.15, 0.2) is 0 Å². The Balaban J connectivity index is 2.03. The average molecular weight is 230 g/mol. The predicted octanol–water partition coefficient (Wildman–Crippen LogP) is 4.97. The lowest BCUT2D eigenvalue weighted by Gasteiger charge is -2.52. The molecule has 0 saturated heterocycles. The largest absolute Gasteiger partial charge is 0.0841 e. The summed E-state index contributed by atoms with van der Waals surface area (Å²) in [5.41, 5.74) is 2.29. The van der Waals surface area contributed by atoms with Crippen molar-refractivity contribution in [2.45, 2.75) is 52.9 Å². The first-order chi connectivity index (χ1) is 8.13. The highest BCUT2D eigenvalue weighted by molar-refractivity contribution is 5.32. The molecule has 0 radical (unpaired) electrons. The summed E-state index contributed by atoms with van der Waals surface area (Å²) in [6, 6.07) is 0. The Hall–Kier alpha value is -0.520. The maximum atomic E-state index is 2.60. The molecule has 1 saturated carbocycles. The van der Waals surface area contributed by atoms with Crippen LogP contribution in [0.2, 0.25) is 0 Å². The lowest BCUT2D eigenvalue weighted by molar-refractivity contribution is 0.112. The van der Waals surface area contributed by atoms with Gasteiger partial charge >= 0.3 is 0 Å². The van der Waals surface area contributed by atoms with Gasteiger partial charge in [-0.25, -0.2) is 0 Å². The van der Waals surface area contributed by atoms with E-state index < -0.39 is 0 Å². The molecule has 0 N–H and O–H groups in total. The van der Waals surface area contributed by atoms with Crippen LogP contribution in [0.15, 0.2) is 23.8 Å². The zero-order valence-corrected chi connectivity index (χ0v) is 11.6. The highest BCUT2D eigenvalue weighted by Gasteiger charge is 2.46. The maximum absolute atomic E-state index is 2.60. The van der Waals surface area contributed by atoms with Crippen LogP contribution in [0.4, 0.5) is 0 Å². The van der Waals surface area contributed by atoms with Gasteiger partial charge in [0.25, 0.3) is 0 Å². The van der Waals surface area contributed by atoms with Crippen molar-refractivity contribution in [1.82, 2.24) is 0 Å². The summed E-state index contributed by atoms with van der Waals surface area (Å²) in [7, 11) is 0. The molecule has 3 aliphatic carbocycles. The molecule has 0 aromatic rings. The highest BCUT2D eigenvalue weighted by Crippen LogP contribution is 2.56. The average Bonchev–Trinajstić information content (AvgIpc) is 2.30. The first kappa shape index (κ1) is 11.6. The first-order valence-electron chi connectivity index (χ1n) is 7.52. The van der Waals surface area contributed by atoms with Gasteiger partial charge in [-0.3, -0.25) is 0 Å². The highest BCUT2D eigenvalue weighted by atomic mass is 14.5. The van der Waals surface area contributed by atoms with Crippen molar-refractivity contribution < 1.29 is 0 Å². The fourth-order valence-corrected chi connectivity index (χ4v) is 4.77. The predicted molar refractivity (Wildman–Crippen MR) is 73.7 cm³/mol. The van der Waals surface area contributed by atoms with E-state index in [1.807, 2.05) is 0 Å². The Morgan fingerprint density at radius 1 is 1.12 bits per heavy atom. The van der Waals surface area contributed by atoms with Gasteiger partial charge in [-0.05, 0) is 42.4 Å². The number of allylic oxidation sites excluding steroid dienone is 4. The van der Waals surface area contributed by atoms with Crippen molar-refractivity contribution in [3.63, 3.8) is 0 Å². The number of fused-ring (bicyclic) bond motifs is 3. The summed E-state index contributed by atoms with van der Waals surface area (Å²) in [5, 5.41) is 0. The van der Waals surface area contributed by atoms with Gasteiger partial charge in [0.05, 0.1) is 0 Å². The zero-order valence-electron chi connectivity index (χ0n) is 11.6. The number of hydrogen-bond acceptors (Lipinski definition) is 0. The van der Waals surface area contributed by atoms with Crippen molar-refractivity contribution in [3.05, 3.63) is 23.8 Å². The van der Waals surface area contributed by atoms with Gasteiger partial charge in [0.2, 0.25) is 0 Å². The van der Waals surface area contributed by atoms with Crippen molar-refractivity contribution in [3.8, 4) is 0 Å². The van der Waals surface area contributed by atoms with Crippen LogP contribution in [0.3, 0.4) is 0 Å². The van der Waals surface area contributed by atoms with Gasteiger partial charge in [-0.1, -0.05) is 57.4 Å². The molecule has 0 aromatic heterocycles. The molecule has 0 heteroatoms. The van der Waals surface area contributed by atoms with E-state index in [2.05, 4.69) is 39.0 Å². The van der Waals surface area contributed by atoms with Crippen LogP contribution >= 0.6 is 0 Å². The number of hydrogen-bond donors (Lipinski definition) is 0. The van der Waals surface area contributed by atoms with E-state index in [-0.39, 0.29) is 0 Å². The lowest BCUT2D eigenvalue weighted by atomic mass is 9.53. The molecule has 0 nitrogen and oxygen atoms in total. The van der Waals surface area contributed by atoms with E-state index in [0.29, 0.717) is 5.41 Å². The summed E-state index contributed by atoms with van der Waals surface area (Å²) in [6.45, 7) is 7.45. The van der Waals surface area contributed by atoms with E-state index in [1.165, 1.54) is 32.1 Å². The summed E-state index contributed by atoms with van der Waals surface area (Å²) in [5.74, 6) is 3.31. The first-order valence-corrected chi connectivity index (χ1v) is 7.52. The topological polar surface area (TPSA) is 0 Å². The second-order valence-electron chi connectivity index (χ2n) is 6.94. The van der Waals surface area contributed by atoms with Gasteiger partial charge in [-0.2, -0.15) is 0 Å². The van der Waals surface area contributed by atoms with E-state index in [9.17, 15) is 0 Å². The van der Waals surface area contributed by atoms with Crippen LogP contribution in [-0.2, 0) is 0 Å². The monoisotopic (exact) mass is 230 g/mol. The van der Waals surface area contributed by atoms with Crippen LogP contribution < -0.4 is 0 Å². The second kappa shape index (κ2) is 4.00. The second-order valence-corrected chi connectivity index (χ2v) is 6.94. The SMILES string of the molecule is CC1CCC[C@@]2(C)C3=CCC[C@@H](C)C3C=CC12. The molecule has 0 amide bonds. The third kappa shape index (κ3) is 1.63. The normalized spacial score (nSPS) is 49.2. The fraction of sp³-hybridized carbons (Fsp3) is 0.765. The summed E-state index contributed by atoms with van der Waals surface area (Å²) in [6.07, 6.45) is 14.7. The van der Waals surface area contributed by atoms with E-state index in [0.717, 1.165) is 23.7 Å². The Bertz CT molecular complexity index is 362. The Morgan fingerprint density at radius 2 is 1.94 bits per heavy atom. The van der Waals surface area contributed by atoms with E-state index >= 15 is 0 Å². The van der Waals surface area contributed by atoms with Gasteiger partial charge < -0.3 is 0 Å². The van der Waals surface area contributed by atoms with Gasteiger partial charge in [0.1, 0.15) is 0 Å². The molecule has 0 aromatic carbocycles. The quantitative estimate of drug-likeness (QED) is 0.515. The standard InChI is InChI=1S/C17H26/c1-12-6-4-8-16-14(12)9-10-15-13(2)7-5-11-17(15,16)3/h8-10,12-15H,4-7,11H2,1-3H3/t12-,13?,14?,15?,17-/m1/s1. The minimum absolute atomic E-state index is 0.492. The summed E-state index contributed by atoms with van der Waals surface area (Å²) >= 11 is 0. The molecule has 0 bridgehead atoms. The minimum atomic E-state index is 0.492. The van der Waals surface area contributed by atoms with Crippen LogP contribution in [-0.4, -0.2) is 0 Å². The molecule has 0 spiro atoms. The van der Waals surface area contributed by atoms with Crippen molar-refractivity contribution in [2.24, 2.45) is 29.1 Å². The molecule has 1 fully saturated rings. The molecular formula is C17H26. The third-order valence-electron chi connectivity index (χ3n) is 5.85. The van der Waals surface area contributed by atoms with Crippen molar-refractivity contribution >= 4 is 0 Å². The summed E-state index contributed by atoms with van der Waals surface area (Å²) < 4.78 is 0. The van der Waals surface area contributed by atoms with Crippen LogP contribution in [0, 0.1) is 29.1 Å². The van der Waals surface area contributed by atoms with E-state index in [1.54, 1.807) is 5.57 Å². The van der Waals surface area contributed by atoms with Crippen molar-refractivity contribution in [2.75, 3.05) is 0 Å². The Kier molecular flexibility index (Phi) is 2.72. The lowest BCUT2D eigenvalue weighted by Crippen LogP contribution is -2.42. The van der Waals surface area contributed by atoms with Crippen LogP contribution in [0.5, 0.6) is 0 Å². The fourth-order valence-electron chi connectivity index (χ4n) is 4.77. The molecule has 0 aliphatic heterocycles. The Morgan fingerprint density at radius 3 is 2.76 bits per heavy atom. The van der Waals surface area contributed by atoms with Crippen LogP contribution in [0.25, 0.3) is 0 Å². The zero-order chi connectivity index (χ0) is 12.0. The third-order valence-corrected chi connectivity index (χ3v) is 5.85. The molecule has 94 valence electrons. The molecule has 17 heavy (non-hydrogen) atoms. The molecule has 3 unspecified atom stereocenters. The Labute approximate surface area is 106 Å². The summed E-state index contributed by atoms with van der Waals surface area (Å²) in [4.78, 5) is 0. The van der Waals surface area contributed by atoms with E-state index in [4.69, 9.17) is 0 Å². The molecule has 3 aliphatic rings. The smallest absolute Gasteiger partial charge is 0.000827 e. The minimum Gasteiger partial charge on any atom is -0.0841 e. The molecule has 3 rings (SSSR count). The van der Waals surface area contributed by atoms with Crippen molar-refractivity contribution in [1.29, 1.82) is 0 Å². The molecular weight excluding hydrogens is 204 g/mol.